The molecule has 0 unspecified atom stereocenters. The van der Waals surface area contributed by atoms with E-state index >= 15 is 0 Å². The van der Waals surface area contributed by atoms with Crippen molar-refractivity contribution < 1.29 is 18.3 Å². The molecule has 0 aliphatic carbocycles. The summed E-state index contributed by atoms with van der Waals surface area (Å²) >= 11 is 0. The van der Waals surface area contributed by atoms with Gasteiger partial charge in [-0.3, -0.25) is 9.78 Å². The zero-order valence-electron chi connectivity index (χ0n) is 19.4. The van der Waals surface area contributed by atoms with E-state index < -0.39 is 15.4 Å². The third kappa shape index (κ3) is 5.91. The molecule has 3 heterocycles. The van der Waals surface area contributed by atoms with Gasteiger partial charge in [-0.2, -0.15) is 0 Å². The minimum atomic E-state index is -3.51. The van der Waals surface area contributed by atoms with E-state index in [-0.39, 0.29) is 10.9 Å². The lowest BCUT2D eigenvalue weighted by Crippen LogP contribution is -2.17. The Labute approximate surface area is 193 Å². The standard InChI is InChI=1S/C23H27N5O4S/c1-13-7-21(28-22(8-13)33(6,31)32)27-19-10-20(26-15(3)29)25-11-16(19)18-9-14(2)17(12-24-18)23(4,5)30/h7-12,30H,1-6H3,(H2,25,26,27,28,29). The summed E-state index contributed by atoms with van der Waals surface area (Å²) in [4.78, 5) is 24.6. The predicted molar refractivity (Wildman–Crippen MR) is 127 cm³/mol. The van der Waals surface area contributed by atoms with E-state index in [2.05, 4.69) is 25.6 Å². The van der Waals surface area contributed by atoms with E-state index in [1.54, 1.807) is 45.3 Å². The quantitative estimate of drug-likeness (QED) is 0.499. The van der Waals surface area contributed by atoms with Crippen molar-refractivity contribution in [3.05, 3.63) is 53.3 Å². The van der Waals surface area contributed by atoms with Crippen LogP contribution < -0.4 is 10.6 Å². The van der Waals surface area contributed by atoms with Crippen LogP contribution in [0.3, 0.4) is 0 Å². The molecule has 0 spiro atoms. The average molecular weight is 470 g/mol. The van der Waals surface area contributed by atoms with Crippen LogP contribution in [0, 0.1) is 13.8 Å². The van der Waals surface area contributed by atoms with Gasteiger partial charge in [0, 0.05) is 42.8 Å². The van der Waals surface area contributed by atoms with Crippen molar-refractivity contribution in [2.45, 2.75) is 45.2 Å². The number of sulfone groups is 1. The second-order valence-corrected chi connectivity index (χ2v) is 10.5. The number of pyridine rings is 3. The highest BCUT2D eigenvalue weighted by atomic mass is 32.2. The smallest absolute Gasteiger partial charge is 0.222 e. The molecule has 1 amide bonds. The van der Waals surface area contributed by atoms with Crippen molar-refractivity contribution in [1.29, 1.82) is 0 Å². The summed E-state index contributed by atoms with van der Waals surface area (Å²) < 4.78 is 24.1. The van der Waals surface area contributed by atoms with Gasteiger partial charge in [0.15, 0.2) is 14.9 Å². The summed E-state index contributed by atoms with van der Waals surface area (Å²) in [6.07, 6.45) is 4.28. The number of anilines is 3. The van der Waals surface area contributed by atoms with E-state index in [9.17, 15) is 18.3 Å². The highest BCUT2D eigenvalue weighted by Crippen LogP contribution is 2.33. The second-order valence-electron chi connectivity index (χ2n) is 8.50. The molecule has 9 nitrogen and oxygen atoms in total. The normalized spacial score (nSPS) is 11.8. The molecule has 0 radical (unpaired) electrons. The Balaban J connectivity index is 2.13. The van der Waals surface area contributed by atoms with Gasteiger partial charge in [0.25, 0.3) is 0 Å². The minimum absolute atomic E-state index is 0.0498. The van der Waals surface area contributed by atoms with E-state index in [0.29, 0.717) is 39.7 Å². The number of nitrogens with one attached hydrogen (secondary N) is 2. The summed E-state index contributed by atoms with van der Waals surface area (Å²) in [5, 5.41) is 16.1. The molecule has 174 valence electrons. The summed E-state index contributed by atoms with van der Waals surface area (Å²) in [7, 11) is -3.51. The number of rotatable bonds is 6. The molecule has 3 rings (SSSR count). The number of hydrogen-bond donors (Lipinski definition) is 3. The van der Waals surface area contributed by atoms with Crippen LogP contribution in [0.5, 0.6) is 0 Å². The molecule has 10 heteroatoms. The van der Waals surface area contributed by atoms with Crippen LogP contribution in [0.1, 0.15) is 37.5 Å². The zero-order chi connectivity index (χ0) is 24.6. The minimum Gasteiger partial charge on any atom is -0.386 e. The van der Waals surface area contributed by atoms with Crippen molar-refractivity contribution in [2.24, 2.45) is 0 Å². The van der Waals surface area contributed by atoms with Gasteiger partial charge in [0.2, 0.25) is 5.91 Å². The van der Waals surface area contributed by atoms with Crippen LogP contribution in [-0.4, -0.2) is 40.6 Å². The molecule has 0 aromatic carbocycles. The molecule has 0 aliphatic rings. The van der Waals surface area contributed by atoms with E-state index in [4.69, 9.17) is 0 Å². The number of amides is 1. The maximum Gasteiger partial charge on any atom is 0.222 e. The molecule has 0 saturated heterocycles. The fraction of sp³-hybridized carbons (Fsp3) is 0.304. The van der Waals surface area contributed by atoms with Crippen molar-refractivity contribution in [3.8, 4) is 11.3 Å². The number of nitrogens with zero attached hydrogens (tertiary/aromatic N) is 3. The van der Waals surface area contributed by atoms with Crippen molar-refractivity contribution in [2.75, 3.05) is 16.9 Å². The largest absolute Gasteiger partial charge is 0.386 e. The Morgan fingerprint density at radius 1 is 1.03 bits per heavy atom. The molecule has 0 atom stereocenters. The molecule has 3 N–H and O–H groups in total. The van der Waals surface area contributed by atoms with Crippen LogP contribution in [-0.2, 0) is 20.2 Å². The van der Waals surface area contributed by atoms with Crippen molar-refractivity contribution >= 4 is 33.1 Å². The number of aliphatic hydroxyl groups is 1. The van der Waals surface area contributed by atoms with Gasteiger partial charge in [-0.05, 0) is 57.0 Å². The molecular weight excluding hydrogens is 442 g/mol. The molecule has 0 aliphatic heterocycles. The summed E-state index contributed by atoms with van der Waals surface area (Å²) in [6.45, 7) is 8.42. The first kappa shape index (κ1) is 24.3. The Kier molecular flexibility index (Phi) is 6.53. The Bertz CT molecular complexity index is 1330. The molecule has 0 fully saturated rings. The highest BCUT2D eigenvalue weighted by Gasteiger charge is 2.20. The van der Waals surface area contributed by atoms with Gasteiger partial charge in [-0.15, -0.1) is 0 Å². The van der Waals surface area contributed by atoms with Gasteiger partial charge < -0.3 is 15.7 Å². The maximum absolute atomic E-state index is 12.0. The number of carbonyl (C=O) groups excluding carboxylic acids is 1. The van der Waals surface area contributed by atoms with Gasteiger partial charge in [0.05, 0.1) is 17.0 Å². The average Bonchev–Trinajstić information content (AvgIpc) is 2.65. The number of hydrogen-bond acceptors (Lipinski definition) is 8. The van der Waals surface area contributed by atoms with Crippen LogP contribution in [0.25, 0.3) is 11.3 Å². The van der Waals surface area contributed by atoms with Crippen molar-refractivity contribution in [1.82, 2.24) is 15.0 Å². The number of aryl methyl sites for hydroxylation is 2. The van der Waals surface area contributed by atoms with Crippen molar-refractivity contribution in [3.63, 3.8) is 0 Å². The fourth-order valence-electron chi connectivity index (χ4n) is 3.38. The molecule has 3 aromatic rings. The van der Waals surface area contributed by atoms with E-state index in [1.807, 2.05) is 13.0 Å². The fourth-order valence-corrected chi connectivity index (χ4v) is 4.05. The van der Waals surface area contributed by atoms with E-state index in [1.165, 1.54) is 13.0 Å². The van der Waals surface area contributed by atoms with Crippen LogP contribution >= 0.6 is 0 Å². The number of aromatic nitrogens is 3. The van der Waals surface area contributed by atoms with Crippen LogP contribution in [0.2, 0.25) is 0 Å². The number of carbonyl (C=O) groups is 1. The van der Waals surface area contributed by atoms with Gasteiger partial charge >= 0.3 is 0 Å². The first-order valence-corrected chi connectivity index (χ1v) is 12.1. The summed E-state index contributed by atoms with van der Waals surface area (Å²) in [5.41, 5.74) is 2.93. The predicted octanol–water partition coefficient (Wildman–Crippen LogP) is 3.49. The third-order valence-electron chi connectivity index (χ3n) is 4.84. The lowest BCUT2D eigenvalue weighted by Gasteiger charge is -2.21. The van der Waals surface area contributed by atoms with Crippen LogP contribution in [0.4, 0.5) is 17.3 Å². The first-order valence-electron chi connectivity index (χ1n) is 10.2. The molecular formula is C23H27N5O4S. The first-order chi connectivity index (χ1) is 15.2. The zero-order valence-corrected chi connectivity index (χ0v) is 20.2. The Morgan fingerprint density at radius 2 is 1.73 bits per heavy atom. The van der Waals surface area contributed by atoms with E-state index in [0.717, 1.165) is 11.8 Å². The lowest BCUT2D eigenvalue weighted by atomic mass is 9.94. The topological polar surface area (TPSA) is 134 Å². The monoisotopic (exact) mass is 469 g/mol. The summed E-state index contributed by atoms with van der Waals surface area (Å²) in [6, 6.07) is 6.67. The molecule has 3 aromatic heterocycles. The SMILES string of the molecule is CC(=O)Nc1cc(Nc2cc(C)cc(S(C)(=O)=O)n2)c(-c2cc(C)c(C(C)(C)O)cn2)cn1. The Hall–Kier alpha value is -3.37. The van der Waals surface area contributed by atoms with Gasteiger partial charge in [-0.1, -0.05) is 0 Å². The summed E-state index contributed by atoms with van der Waals surface area (Å²) in [5.74, 6) is 0.355. The lowest BCUT2D eigenvalue weighted by molar-refractivity contribution is -0.114. The highest BCUT2D eigenvalue weighted by molar-refractivity contribution is 7.90. The van der Waals surface area contributed by atoms with Crippen LogP contribution in [0.15, 0.2) is 41.7 Å². The molecule has 33 heavy (non-hydrogen) atoms. The van der Waals surface area contributed by atoms with Gasteiger partial charge in [-0.25, -0.2) is 18.4 Å². The maximum atomic E-state index is 12.0. The third-order valence-corrected chi connectivity index (χ3v) is 5.81. The van der Waals surface area contributed by atoms with Gasteiger partial charge in [0.1, 0.15) is 11.6 Å². The molecule has 0 saturated carbocycles. The molecule has 0 bridgehead atoms. The second kappa shape index (κ2) is 8.87. The Morgan fingerprint density at radius 3 is 2.30 bits per heavy atom.